The summed E-state index contributed by atoms with van der Waals surface area (Å²) in [5.74, 6) is 1.80. The number of thioether (sulfide) groups is 2. The van der Waals surface area contributed by atoms with Crippen LogP contribution in [-0.2, 0) is 33.6 Å². The van der Waals surface area contributed by atoms with Gasteiger partial charge in [0.1, 0.15) is 3.53 Å². The molecule has 0 bridgehead atoms. The number of thiocarbonyl (C=S) groups is 1. The summed E-state index contributed by atoms with van der Waals surface area (Å²) < 4.78 is 13.7. The predicted octanol–water partition coefficient (Wildman–Crippen LogP) is 10.2. The molecular weight excluding hydrogens is 533 g/mol. The Morgan fingerprint density at radius 1 is 0.611 bits per heavy atom. The number of hydrogen-bond donors (Lipinski definition) is 0. The van der Waals surface area contributed by atoms with Crippen molar-refractivity contribution in [2.24, 2.45) is 0 Å². The van der Waals surface area contributed by atoms with E-state index in [1.165, 1.54) is 22.3 Å². The standard InChI is InChI=1S/C29H46O2S3Si2/c1-28(2,3)35(7,8)30-19-23-11-15-25(16-12-23)21-33-27(32)34-22-26-17-13-24(14-18-26)20-31-36(9,10)29(4,5)6/h11-18H,19-22H2,1-10H3. The second-order valence-corrected chi connectivity index (χ2v) is 25.3. The lowest BCUT2D eigenvalue weighted by Crippen LogP contribution is -2.40. The molecule has 0 heterocycles. The first kappa shape index (κ1) is 31.8. The minimum Gasteiger partial charge on any atom is -0.413 e. The molecule has 0 N–H and O–H groups in total. The summed E-state index contributed by atoms with van der Waals surface area (Å²) in [6.07, 6.45) is 0. The third kappa shape index (κ3) is 10.0. The summed E-state index contributed by atoms with van der Waals surface area (Å²) in [7, 11) is -3.44. The molecule has 0 fully saturated rings. The molecule has 0 aliphatic carbocycles. The van der Waals surface area contributed by atoms with E-state index in [0.29, 0.717) is 13.2 Å². The number of rotatable bonds is 10. The zero-order valence-electron chi connectivity index (χ0n) is 24.0. The fourth-order valence-corrected chi connectivity index (χ4v) is 6.67. The van der Waals surface area contributed by atoms with Gasteiger partial charge in [-0.15, -0.1) is 23.5 Å². The van der Waals surface area contributed by atoms with Crippen LogP contribution in [0, 0.1) is 0 Å². The Balaban J connectivity index is 1.74. The van der Waals surface area contributed by atoms with E-state index in [-0.39, 0.29) is 10.1 Å². The molecule has 0 aromatic heterocycles. The minimum atomic E-state index is -1.72. The highest BCUT2D eigenvalue weighted by Crippen LogP contribution is 2.38. The monoisotopic (exact) mass is 578 g/mol. The van der Waals surface area contributed by atoms with Crippen molar-refractivity contribution < 1.29 is 8.85 Å². The summed E-state index contributed by atoms with van der Waals surface area (Å²) >= 11 is 9.13. The SMILES string of the molecule is CC(C)(C)[Si](C)(C)OCc1ccc(CSC(=S)SCc2ccc(CO[Si](C)(C)C(C)(C)C)cc2)cc1. The Bertz CT molecular complexity index is 894. The molecule has 0 radical (unpaired) electrons. The van der Waals surface area contributed by atoms with Crippen LogP contribution in [0.5, 0.6) is 0 Å². The van der Waals surface area contributed by atoms with E-state index in [9.17, 15) is 0 Å². The van der Waals surface area contributed by atoms with Gasteiger partial charge in [-0.25, -0.2) is 0 Å². The minimum absolute atomic E-state index is 0.234. The lowest BCUT2D eigenvalue weighted by molar-refractivity contribution is 0.276. The average Bonchev–Trinajstić information content (AvgIpc) is 2.78. The van der Waals surface area contributed by atoms with Gasteiger partial charge in [-0.3, -0.25) is 0 Å². The van der Waals surface area contributed by atoms with Crippen molar-refractivity contribution in [2.75, 3.05) is 0 Å². The van der Waals surface area contributed by atoms with Crippen LogP contribution < -0.4 is 0 Å². The molecule has 0 aliphatic heterocycles. The molecule has 2 aromatic rings. The van der Waals surface area contributed by atoms with Gasteiger partial charge in [0.2, 0.25) is 0 Å². The van der Waals surface area contributed by atoms with E-state index < -0.39 is 16.6 Å². The Hall–Kier alpha value is -0.416. The van der Waals surface area contributed by atoms with Gasteiger partial charge in [0.15, 0.2) is 16.6 Å². The molecule has 0 amide bonds. The number of benzene rings is 2. The van der Waals surface area contributed by atoms with Crippen LogP contribution in [-0.4, -0.2) is 20.2 Å². The van der Waals surface area contributed by atoms with Gasteiger partial charge in [-0.05, 0) is 58.5 Å². The van der Waals surface area contributed by atoms with Gasteiger partial charge in [0.25, 0.3) is 0 Å². The van der Waals surface area contributed by atoms with Gasteiger partial charge in [0, 0.05) is 11.5 Å². The van der Waals surface area contributed by atoms with Crippen molar-refractivity contribution in [2.45, 2.75) is 103 Å². The Labute approximate surface area is 237 Å². The lowest BCUT2D eigenvalue weighted by atomic mass is 10.2. The van der Waals surface area contributed by atoms with Crippen LogP contribution in [0.25, 0.3) is 0 Å². The van der Waals surface area contributed by atoms with Crippen LogP contribution in [0.3, 0.4) is 0 Å². The molecule has 2 rings (SSSR count). The van der Waals surface area contributed by atoms with Crippen molar-refractivity contribution in [3.8, 4) is 0 Å². The molecule has 0 spiro atoms. The molecule has 2 nitrogen and oxygen atoms in total. The third-order valence-corrected chi connectivity index (χ3v) is 19.4. The Kier molecular flexibility index (Phi) is 11.6. The maximum absolute atomic E-state index is 6.35. The van der Waals surface area contributed by atoms with E-state index in [1.54, 1.807) is 23.5 Å². The second-order valence-electron chi connectivity index (χ2n) is 12.6. The fraction of sp³-hybridized carbons (Fsp3) is 0.552. The first-order valence-electron chi connectivity index (χ1n) is 12.7. The van der Waals surface area contributed by atoms with Gasteiger partial charge in [0.05, 0.1) is 13.2 Å². The van der Waals surface area contributed by atoms with Crippen LogP contribution in [0.2, 0.25) is 36.3 Å². The Morgan fingerprint density at radius 2 is 0.889 bits per heavy atom. The van der Waals surface area contributed by atoms with Crippen LogP contribution in [0.1, 0.15) is 63.8 Å². The van der Waals surface area contributed by atoms with Crippen molar-refractivity contribution in [3.63, 3.8) is 0 Å². The maximum Gasteiger partial charge on any atom is 0.192 e. The zero-order valence-corrected chi connectivity index (χ0v) is 28.4. The molecule has 0 saturated heterocycles. The second kappa shape index (κ2) is 13.1. The van der Waals surface area contributed by atoms with E-state index in [4.69, 9.17) is 21.1 Å². The summed E-state index contributed by atoms with van der Waals surface area (Å²) in [6.45, 7) is 24.3. The molecule has 7 heteroatoms. The quantitative estimate of drug-likeness (QED) is 0.206. The Morgan fingerprint density at radius 3 is 1.17 bits per heavy atom. The number of hydrogen-bond acceptors (Lipinski definition) is 5. The van der Waals surface area contributed by atoms with Crippen LogP contribution >= 0.6 is 35.7 Å². The van der Waals surface area contributed by atoms with E-state index in [2.05, 4.69) is 116 Å². The third-order valence-electron chi connectivity index (χ3n) is 7.57. The summed E-state index contributed by atoms with van der Waals surface area (Å²) in [5.41, 5.74) is 5.07. The summed E-state index contributed by atoms with van der Waals surface area (Å²) in [4.78, 5) is 0. The van der Waals surface area contributed by atoms with Crippen molar-refractivity contribution in [3.05, 3.63) is 70.8 Å². The summed E-state index contributed by atoms with van der Waals surface area (Å²) in [5, 5.41) is 0.468. The highest BCUT2D eigenvalue weighted by molar-refractivity contribution is 8.46. The van der Waals surface area contributed by atoms with Gasteiger partial charge >= 0.3 is 0 Å². The van der Waals surface area contributed by atoms with Crippen LogP contribution in [0.15, 0.2) is 48.5 Å². The molecule has 0 unspecified atom stereocenters. The van der Waals surface area contributed by atoms with Gasteiger partial charge < -0.3 is 8.85 Å². The predicted molar refractivity (Wildman–Crippen MR) is 172 cm³/mol. The largest absolute Gasteiger partial charge is 0.413 e. The first-order valence-corrected chi connectivity index (χ1v) is 20.9. The normalized spacial score (nSPS) is 13.2. The van der Waals surface area contributed by atoms with E-state index >= 15 is 0 Å². The van der Waals surface area contributed by atoms with E-state index in [0.717, 1.165) is 15.0 Å². The van der Waals surface area contributed by atoms with Crippen LogP contribution in [0.4, 0.5) is 0 Å². The average molecular weight is 579 g/mol. The highest BCUT2D eigenvalue weighted by atomic mass is 32.2. The molecule has 2 aromatic carbocycles. The molecule has 0 saturated carbocycles. The zero-order chi connectivity index (χ0) is 27.2. The first-order chi connectivity index (χ1) is 16.5. The topological polar surface area (TPSA) is 18.5 Å². The van der Waals surface area contributed by atoms with Gasteiger partial charge in [-0.2, -0.15) is 0 Å². The lowest BCUT2D eigenvalue weighted by Gasteiger charge is -2.36. The highest BCUT2D eigenvalue weighted by Gasteiger charge is 2.37. The molecular formula is C29H46O2S3Si2. The fourth-order valence-electron chi connectivity index (χ4n) is 2.75. The van der Waals surface area contributed by atoms with Crippen molar-refractivity contribution >= 4 is 55.9 Å². The summed E-state index contributed by atoms with van der Waals surface area (Å²) in [6, 6.07) is 17.6. The molecule has 0 atom stereocenters. The van der Waals surface area contributed by atoms with Crippen molar-refractivity contribution in [1.82, 2.24) is 0 Å². The van der Waals surface area contributed by atoms with Gasteiger partial charge in [-0.1, -0.05) is 102 Å². The molecule has 200 valence electrons. The molecule has 0 aliphatic rings. The van der Waals surface area contributed by atoms with Crippen molar-refractivity contribution in [1.29, 1.82) is 0 Å². The smallest absolute Gasteiger partial charge is 0.192 e. The van der Waals surface area contributed by atoms with E-state index in [1.807, 2.05) is 0 Å². The maximum atomic E-state index is 6.35. The molecule has 36 heavy (non-hydrogen) atoms.